The minimum absolute atomic E-state index is 0.104. The molecule has 1 atom stereocenters. The number of sulfonamides is 1. The van der Waals surface area contributed by atoms with Crippen LogP contribution in [0, 0.1) is 0 Å². The first kappa shape index (κ1) is 19.4. The highest BCUT2D eigenvalue weighted by molar-refractivity contribution is 7.89. The van der Waals surface area contributed by atoms with Crippen molar-refractivity contribution in [3.8, 4) is 5.75 Å². The Balaban J connectivity index is 1.84. The Morgan fingerprint density at radius 3 is 2.63 bits per heavy atom. The molecule has 1 fully saturated rings. The van der Waals surface area contributed by atoms with Crippen LogP contribution in [0.2, 0.25) is 0 Å². The molecule has 1 aliphatic rings. The zero-order chi connectivity index (χ0) is 19.6. The number of benzene rings is 1. The number of hydrogen-bond donors (Lipinski definition) is 1. The standard InChI is InChI=1S/C18H24N4O4S/c1-21(2)18(23)16-11-19-20-17(16)13-5-4-10-22(12-13)27(24,25)15-8-6-14(26-3)7-9-15/h6-9,11,13H,4-5,10,12H2,1-3H3,(H,19,20)/t13-/m0/s1. The van der Waals surface area contributed by atoms with Gasteiger partial charge in [-0.15, -0.1) is 0 Å². The molecule has 1 aromatic heterocycles. The molecule has 0 spiro atoms. The molecule has 0 aliphatic carbocycles. The Bertz CT molecular complexity index is 906. The molecule has 2 aromatic rings. The number of carbonyl (C=O) groups excluding carboxylic acids is 1. The Morgan fingerprint density at radius 1 is 1.30 bits per heavy atom. The number of piperidine rings is 1. The van der Waals surface area contributed by atoms with Crippen LogP contribution in [0.3, 0.4) is 0 Å². The second kappa shape index (κ2) is 7.69. The molecule has 0 radical (unpaired) electrons. The molecule has 1 aliphatic heterocycles. The van der Waals surface area contributed by atoms with E-state index in [4.69, 9.17) is 4.74 Å². The number of aromatic nitrogens is 2. The summed E-state index contributed by atoms with van der Waals surface area (Å²) >= 11 is 0. The van der Waals surface area contributed by atoms with Gasteiger partial charge in [-0.05, 0) is 37.1 Å². The molecule has 0 bridgehead atoms. The quantitative estimate of drug-likeness (QED) is 0.835. The zero-order valence-corrected chi connectivity index (χ0v) is 16.5. The first-order valence-electron chi connectivity index (χ1n) is 8.73. The summed E-state index contributed by atoms with van der Waals surface area (Å²) < 4.78 is 32.6. The molecular weight excluding hydrogens is 368 g/mol. The van der Waals surface area contributed by atoms with Crippen LogP contribution in [0.1, 0.15) is 34.8 Å². The van der Waals surface area contributed by atoms with Crippen LogP contribution in [0.25, 0.3) is 0 Å². The lowest BCUT2D eigenvalue weighted by Crippen LogP contribution is -2.39. The SMILES string of the molecule is COc1ccc(S(=O)(=O)N2CCC[C@H](c3[nH]ncc3C(=O)N(C)C)C2)cc1. The predicted molar refractivity (Wildman–Crippen MR) is 100 cm³/mol. The average Bonchev–Trinajstić information content (AvgIpc) is 3.17. The first-order chi connectivity index (χ1) is 12.8. The zero-order valence-electron chi connectivity index (χ0n) is 15.7. The third kappa shape index (κ3) is 3.84. The molecule has 2 heterocycles. The van der Waals surface area contributed by atoms with Crippen molar-refractivity contribution < 1.29 is 17.9 Å². The van der Waals surface area contributed by atoms with Crippen LogP contribution in [0.5, 0.6) is 5.75 Å². The van der Waals surface area contributed by atoms with E-state index in [0.717, 1.165) is 6.42 Å². The van der Waals surface area contributed by atoms with Crippen molar-refractivity contribution in [2.24, 2.45) is 0 Å². The summed E-state index contributed by atoms with van der Waals surface area (Å²) in [7, 11) is 1.29. The third-order valence-electron chi connectivity index (χ3n) is 4.79. The summed E-state index contributed by atoms with van der Waals surface area (Å²) in [4.78, 5) is 14.1. The van der Waals surface area contributed by atoms with Crippen LogP contribution in [0.4, 0.5) is 0 Å². The minimum atomic E-state index is -3.61. The number of ether oxygens (including phenoxy) is 1. The highest BCUT2D eigenvalue weighted by Gasteiger charge is 2.33. The van der Waals surface area contributed by atoms with Crippen LogP contribution in [0.15, 0.2) is 35.4 Å². The van der Waals surface area contributed by atoms with Gasteiger partial charge in [0.25, 0.3) is 5.91 Å². The normalized spacial score (nSPS) is 18.3. The van der Waals surface area contributed by atoms with Gasteiger partial charge < -0.3 is 9.64 Å². The van der Waals surface area contributed by atoms with Gasteiger partial charge in [0.1, 0.15) is 5.75 Å². The molecule has 9 heteroatoms. The molecule has 27 heavy (non-hydrogen) atoms. The smallest absolute Gasteiger partial charge is 0.256 e. The van der Waals surface area contributed by atoms with Crippen molar-refractivity contribution in [3.63, 3.8) is 0 Å². The predicted octanol–water partition coefficient (Wildman–Crippen LogP) is 1.69. The number of rotatable bonds is 5. The van der Waals surface area contributed by atoms with Gasteiger partial charge >= 0.3 is 0 Å². The van der Waals surface area contributed by atoms with Crippen molar-refractivity contribution in [1.29, 1.82) is 0 Å². The summed E-state index contributed by atoms with van der Waals surface area (Å²) in [5.74, 6) is 0.358. The van der Waals surface area contributed by atoms with Crippen molar-refractivity contribution >= 4 is 15.9 Å². The molecule has 3 rings (SSSR count). The maximum absolute atomic E-state index is 13.0. The second-order valence-electron chi connectivity index (χ2n) is 6.77. The number of hydrogen-bond acceptors (Lipinski definition) is 5. The van der Waals surface area contributed by atoms with Crippen molar-refractivity contribution in [2.75, 3.05) is 34.3 Å². The van der Waals surface area contributed by atoms with Crippen molar-refractivity contribution in [3.05, 3.63) is 41.7 Å². The summed E-state index contributed by atoms with van der Waals surface area (Å²) in [6.45, 7) is 0.764. The van der Waals surface area contributed by atoms with E-state index in [1.165, 1.54) is 22.5 Å². The lowest BCUT2D eigenvalue weighted by atomic mass is 9.93. The van der Waals surface area contributed by atoms with E-state index in [-0.39, 0.29) is 16.7 Å². The lowest BCUT2D eigenvalue weighted by Gasteiger charge is -2.32. The van der Waals surface area contributed by atoms with E-state index in [1.807, 2.05) is 0 Å². The maximum Gasteiger partial charge on any atom is 0.256 e. The highest BCUT2D eigenvalue weighted by atomic mass is 32.2. The topological polar surface area (TPSA) is 95.6 Å². The molecule has 8 nitrogen and oxygen atoms in total. The molecule has 1 saturated heterocycles. The fraction of sp³-hybridized carbons (Fsp3) is 0.444. The number of nitrogens with zero attached hydrogens (tertiary/aromatic N) is 3. The number of carbonyl (C=O) groups is 1. The van der Waals surface area contributed by atoms with E-state index in [2.05, 4.69) is 10.2 Å². The van der Waals surface area contributed by atoms with E-state index in [9.17, 15) is 13.2 Å². The molecule has 0 unspecified atom stereocenters. The molecule has 146 valence electrons. The number of H-pyrrole nitrogens is 1. The lowest BCUT2D eigenvalue weighted by molar-refractivity contribution is 0.0825. The summed E-state index contributed by atoms with van der Waals surface area (Å²) in [5.41, 5.74) is 1.19. The number of aromatic amines is 1. The largest absolute Gasteiger partial charge is 0.497 e. The molecule has 1 N–H and O–H groups in total. The third-order valence-corrected chi connectivity index (χ3v) is 6.67. The fourth-order valence-electron chi connectivity index (χ4n) is 3.31. The highest BCUT2D eigenvalue weighted by Crippen LogP contribution is 2.31. The number of methoxy groups -OCH3 is 1. The van der Waals surface area contributed by atoms with Gasteiger partial charge in [0, 0.05) is 33.1 Å². The minimum Gasteiger partial charge on any atom is -0.497 e. The summed E-state index contributed by atoms with van der Waals surface area (Å²) in [6, 6.07) is 6.37. The van der Waals surface area contributed by atoms with E-state index >= 15 is 0 Å². The van der Waals surface area contributed by atoms with Gasteiger partial charge in [-0.1, -0.05) is 0 Å². The Kier molecular flexibility index (Phi) is 5.52. The van der Waals surface area contributed by atoms with Crippen molar-refractivity contribution in [2.45, 2.75) is 23.7 Å². The number of amides is 1. The Labute approximate surface area is 159 Å². The molecule has 1 amide bonds. The van der Waals surface area contributed by atoms with Crippen LogP contribution < -0.4 is 4.74 Å². The Hall–Kier alpha value is -2.39. The van der Waals surface area contributed by atoms with Crippen molar-refractivity contribution in [1.82, 2.24) is 19.4 Å². The Morgan fingerprint density at radius 2 is 2.00 bits per heavy atom. The molecule has 0 saturated carbocycles. The average molecular weight is 392 g/mol. The maximum atomic E-state index is 13.0. The van der Waals surface area contributed by atoms with E-state index < -0.39 is 10.0 Å². The molecular formula is C18H24N4O4S. The van der Waals surface area contributed by atoms with Crippen LogP contribution >= 0.6 is 0 Å². The first-order valence-corrected chi connectivity index (χ1v) is 10.2. The van der Waals surface area contributed by atoms with Gasteiger partial charge in [0.2, 0.25) is 10.0 Å². The fourth-order valence-corrected chi connectivity index (χ4v) is 4.84. The van der Waals surface area contributed by atoms with E-state index in [1.54, 1.807) is 38.4 Å². The molecule has 1 aromatic carbocycles. The summed E-state index contributed by atoms with van der Waals surface area (Å²) in [5, 5.41) is 6.91. The van der Waals surface area contributed by atoms with E-state index in [0.29, 0.717) is 36.5 Å². The van der Waals surface area contributed by atoms with Gasteiger partial charge in [-0.3, -0.25) is 9.89 Å². The summed E-state index contributed by atoms with van der Waals surface area (Å²) in [6.07, 6.45) is 3.02. The van der Waals surface area contributed by atoms with Crippen LogP contribution in [-0.4, -0.2) is 68.0 Å². The van der Waals surface area contributed by atoms with Gasteiger partial charge in [-0.25, -0.2) is 8.42 Å². The second-order valence-corrected chi connectivity index (χ2v) is 8.71. The number of nitrogens with one attached hydrogen (secondary N) is 1. The monoisotopic (exact) mass is 392 g/mol. The van der Waals surface area contributed by atoms with Gasteiger partial charge in [-0.2, -0.15) is 9.40 Å². The van der Waals surface area contributed by atoms with Crippen LogP contribution in [-0.2, 0) is 10.0 Å². The van der Waals surface area contributed by atoms with Gasteiger partial charge in [0.15, 0.2) is 0 Å². The van der Waals surface area contributed by atoms with Gasteiger partial charge in [0.05, 0.1) is 29.5 Å².